The Morgan fingerprint density at radius 2 is 2.20 bits per heavy atom. The predicted molar refractivity (Wildman–Crippen MR) is 49.8 cm³/mol. The molecule has 0 aliphatic carbocycles. The van der Waals surface area contributed by atoms with Crippen molar-refractivity contribution < 1.29 is 14.8 Å². The molecule has 0 bridgehead atoms. The number of nitro groups is 1. The van der Waals surface area contributed by atoms with Gasteiger partial charge in [0.05, 0.1) is 10.5 Å². The maximum atomic E-state index is 10.7. The van der Waals surface area contributed by atoms with Crippen LogP contribution in [0.2, 0.25) is 5.02 Å². The molecule has 0 radical (unpaired) electrons. The molecule has 0 atom stereocenters. The Kier molecular flexibility index (Phi) is 2.87. The molecule has 76 valence electrons. The maximum Gasteiger partial charge on any atom is 0.338 e. The van der Waals surface area contributed by atoms with Crippen LogP contribution in [-0.4, -0.2) is 16.0 Å². The third-order valence-electron chi connectivity index (χ3n) is 1.65. The van der Waals surface area contributed by atoms with Gasteiger partial charge in [-0.2, -0.15) is 5.26 Å². The summed E-state index contributed by atoms with van der Waals surface area (Å²) < 4.78 is 0. The number of hydrogen-bond donors (Lipinski definition) is 1. The van der Waals surface area contributed by atoms with E-state index in [1.807, 2.05) is 0 Å². The zero-order chi connectivity index (χ0) is 11.6. The number of aromatic carboxylic acids is 1. The molecule has 0 aliphatic rings. The minimum absolute atomic E-state index is 0.210. The summed E-state index contributed by atoms with van der Waals surface area (Å²) in [5.74, 6) is -1.47. The van der Waals surface area contributed by atoms with Gasteiger partial charge in [0.1, 0.15) is 16.7 Å². The molecule has 0 spiro atoms. The van der Waals surface area contributed by atoms with Crippen molar-refractivity contribution in [2.45, 2.75) is 0 Å². The first kappa shape index (κ1) is 10.9. The number of benzene rings is 1. The van der Waals surface area contributed by atoms with Crippen LogP contribution in [0.1, 0.15) is 15.9 Å². The first-order valence-electron chi connectivity index (χ1n) is 3.59. The molecule has 1 aromatic carbocycles. The van der Waals surface area contributed by atoms with Crippen molar-refractivity contribution in [1.82, 2.24) is 0 Å². The number of rotatable bonds is 2. The molecule has 1 rings (SSSR count). The van der Waals surface area contributed by atoms with Crippen LogP contribution in [0.5, 0.6) is 0 Å². The average molecular weight is 227 g/mol. The molecular formula is C8H3ClN2O4. The van der Waals surface area contributed by atoms with Gasteiger partial charge in [-0.1, -0.05) is 11.6 Å². The molecule has 1 N–H and O–H groups in total. The number of nitrogens with zero attached hydrogens (tertiary/aromatic N) is 2. The number of hydrogen-bond acceptors (Lipinski definition) is 4. The van der Waals surface area contributed by atoms with E-state index < -0.39 is 27.2 Å². The van der Waals surface area contributed by atoms with Crippen molar-refractivity contribution in [3.8, 4) is 6.07 Å². The lowest BCUT2D eigenvalue weighted by atomic mass is 10.1. The van der Waals surface area contributed by atoms with Crippen LogP contribution < -0.4 is 0 Å². The fraction of sp³-hybridized carbons (Fsp3) is 0. The lowest BCUT2D eigenvalue weighted by molar-refractivity contribution is -0.384. The van der Waals surface area contributed by atoms with Gasteiger partial charge in [-0.05, 0) is 6.07 Å². The normalized spacial score (nSPS) is 9.33. The Morgan fingerprint density at radius 3 is 2.60 bits per heavy atom. The number of nitriles is 1. The van der Waals surface area contributed by atoms with Crippen LogP contribution in [0.15, 0.2) is 12.1 Å². The standard InChI is InChI=1S/C8H3ClN2O4/c9-7-5(11(14)15)2-1-4(3-10)6(7)8(12)13/h1-2H,(H,12,13). The molecule has 0 heterocycles. The molecule has 7 heteroatoms. The van der Waals surface area contributed by atoms with Crippen molar-refractivity contribution in [2.24, 2.45) is 0 Å². The Morgan fingerprint density at radius 1 is 1.60 bits per heavy atom. The summed E-state index contributed by atoms with van der Waals surface area (Å²) in [7, 11) is 0. The highest BCUT2D eigenvalue weighted by Crippen LogP contribution is 2.30. The highest BCUT2D eigenvalue weighted by Gasteiger charge is 2.23. The lowest BCUT2D eigenvalue weighted by Gasteiger charge is -2.01. The van der Waals surface area contributed by atoms with E-state index in [1.165, 1.54) is 0 Å². The van der Waals surface area contributed by atoms with Crippen LogP contribution in [0.25, 0.3) is 0 Å². The molecule has 1 aromatic rings. The third-order valence-corrected chi connectivity index (χ3v) is 2.04. The van der Waals surface area contributed by atoms with Gasteiger partial charge in [-0.3, -0.25) is 10.1 Å². The summed E-state index contributed by atoms with van der Waals surface area (Å²) in [6.45, 7) is 0. The highest BCUT2D eigenvalue weighted by molar-refractivity contribution is 6.35. The molecule has 0 amide bonds. The number of carboxylic acids is 1. The van der Waals surface area contributed by atoms with Gasteiger partial charge >= 0.3 is 5.97 Å². The van der Waals surface area contributed by atoms with Crippen molar-refractivity contribution >= 4 is 23.3 Å². The van der Waals surface area contributed by atoms with Crippen LogP contribution in [0.3, 0.4) is 0 Å². The summed E-state index contributed by atoms with van der Waals surface area (Å²) in [4.78, 5) is 20.4. The third kappa shape index (κ3) is 1.87. The van der Waals surface area contributed by atoms with Crippen LogP contribution in [-0.2, 0) is 0 Å². The fourth-order valence-electron chi connectivity index (χ4n) is 1.01. The van der Waals surface area contributed by atoms with E-state index in [9.17, 15) is 14.9 Å². The summed E-state index contributed by atoms with van der Waals surface area (Å²) in [6.07, 6.45) is 0. The summed E-state index contributed by atoms with van der Waals surface area (Å²) >= 11 is 5.51. The van der Waals surface area contributed by atoms with Gasteiger partial charge in [0.25, 0.3) is 5.69 Å². The lowest BCUT2D eigenvalue weighted by Crippen LogP contribution is -2.03. The van der Waals surface area contributed by atoms with E-state index >= 15 is 0 Å². The van der Waals surface area contributed by atoms with Gasteiger partial charge in [0, 0.05) is 6.07 Å². The van der Waals surface area contributed by atoms with Crippen molar-refractivity contribution in [3.05, 3.63) is 38.4 Å². The van der Waals surface area contributed by atoms with Gasteiger partial charge in [-0.15, -0.1) is 0 Å². The van der Waals surface area contributed by atoms with Gasteiger partial charge < -0.3 is 5.11 Å². The number of halogens is 1. The van der Waals surface area contributed by atoms with E-state index in [0.717, 1.165) is 12.1 Å². The first-order valence-corrected chi connectivity index (χ1v) is 3.97. The second-order valence-electron chi connectivity index (χ2n) is 2.50. The zero-order valence-electron chi connectivity index (χ0n) is 7.10. The quantitative estimate of drug-likeness (QED) is 0.612. The summed E-state index contributed by atoms with van der Waals surface area (Å²) in [5.41, 5.74) is -1.29. The number of nitro benzene ring substituents is 1. The monoisotopic (exact) mass is 226 g/mol. The van der Waals surface area contributed by atoms with Crippen LogP contribution >= 0.6 is 11.6 Å². The SMILES string of the molecule is N#Cc1ccc([N+](=O)[O-])c(Cl)c1C(=O)O. The maximum absolute atomic E-state index is 10.7. The Bertz CT molecular complexity index is 492. The Labute approximate surface area is 88.5 Å². The zero-order valence-corrected chi connectivity index (χ0v) is 7.85. The second kappa shape index (κ2) is 3.94. The van der Waals surface area contributed by atoms with Crippen LogP contribution in [0, 0.1) is 21.4 Å². The smallest absolute Gasteiger partial charge is 0.338 e. The molecule has 0 fully saturated rings. The molecule has 0 saturated carbocycles. The van der Waals surface area contributed by atoms with Crippen LogP contribution in [0.4, 0.5) is 5.69 Å². The molecule has 0 unspecified atom stereocenters. The van der Waals surface area contributed by atoms with Gasteiger partial charge in [-0.25, -0.2) is 4.79 Å². The molecule has 0 saturated heterocycles. The van der Waals surface area contributed by atoms with Crippen molar-refractivity contribution in [3.63, 3.8) is 0 Å². The molecular weight excluding hydrogens is 224 g/mol. The van der Waals surface area contributed by atoms with E-state index in [2.05, 4.69) is 0 Å². The van der Waals surface area contributed by atoms with Gasteiger partial charge in [0.2, 0.25) is 0 Å². The number of carboxylic acid groups (broad SMARTS) is 1. The Hall–Kier alpha value is -2.13. The van der Waals surface area contributed by atoms with E-state index in [4.69, 9.17) is 22.0 Å². The molecule has 6 nitrogen and oxygen atoms in total. The van der Waals surface area contributed by atoms with Crippen molar-refractivity contribution in [2.75, 3.05) is 0 Å². The number of carbonyl (C=O) groups is 1. The summed E-state index contributed by atoms with van der Waals surface area (Å²) in [5, 5.41) is 27.2. The highest BCUT2D eigenvalue weighted by atomic mass is 35.5. The van der Waals surface area contributed by atoms with E-state index in [-0.39, 0.29) is 5.56 Å². The topological polar surface area (TPSA) is 104 Å². The first-order chi connectivity index (χ1) is 6.99. The average Bonchev–Trinajstić information content (AvgIpc) is 2.15. The Balaban J connectivity index is 3.58. The minimum atomic E-state index is -1.47. The largest absolute Gasteiger partial charge is 0.478 e. The minimum Gasteiger partial charge on any atom is -0.478 e. The summed E-state index contributed by atoms with van der Waals surface area (Å²) in [6, 6.07) is 3.64. The predicted octanol–water partition coefficient (Wildman–Crippen LogP) is 1.82. The van der Waals surface area contributed by atoms with E-state index in [0.29, 0.717) is 0 Å². The van der Waals surface area contributed by atoms with Crippen molar-refractivity contribution in [1.29, 1.82) is 5.26 Å². The van der Waals surface area contributed by atoms with Gasteiger partial charge in [0.15, 0.2) is 0 Å². The molecule has 0 aromatic heterocycles. The molecule has 15 heavy (non-hydrogen) atoms. The second-order valence-corrected chi connectivity index (χ2v) is 2.87. The fourth-order valence-corrected chi connectivity index (χ4v) is 1.32. The van der Waals surface area contributed by atoms with E-state index in [1.54, 1.807) is 6.07 Å². The molecule has 0 aliphatic heterocycles.